The number of rotatable bonds is 6. The summed E-state index contributed by atoms with van der Waals surface area (Å²) in [6.07, 6.45) is 7.18. The molecule has 0 N–H and O–H groups in total. The van der Waals surface area contributed by atoms with Gasteiger partial charge in [-0.1, -0.05) is 40.7 Å². The van der Waals surface area contributed by atoms with Crippen molar-refractivity contribution in [1.29, 1.82) is 0 Å². The lowest BCUT2D eigenvalue weighted by Gasteiger charge is -2.43. The smallest absolute Gasteiger partial charge is 0.155 e. The number of hydrogen-bond donors (Lipinski definition) is 0. The third-order valence-electron chi connectivity index (χ3n) is 8.34. The van der Waals surface area contributed by atoms with Crippen LogP contribution in [0.25, 0.3) is 0 Å². The molecule has 0 unspecified atom stereocenters. The number of ketones is 3. The van der Waals surface area contributed by atoms with Gasteiger partial charge in [0.05, 0.1) is 0 Å². The van der Waals surface area contributed by atoms with Crippen LogP contribution in [-0.4, -0.2) is 17.3 Å². The van der Waals surface area contributed by atoms with Gasteiger partial charge in [-0.15, -0.1) is 0 Å². The zero-order valence-electron chi connectivity index (χ0n) is 18.6. The van der Waals surface area contributed by atoms with Crippen molar-refractivity contribution in [2.75, 3.05) is 0 Å². The van der Waals surface area contributed by atoms with E-state index in [2.05, 4.69) is 40.7 Å². The van der Waals surface area contributed by atoms with Gasteiger partial charge in [0.2, 0.25) is 0 Å². The molecule has 0 aromatic heterocycles. The Labute approximate surface area is 170 Å². The quantitative estimate of drug-likeness (QED) is 0.612. The van der Waals surface area contributed by atoms with Crippen LogP contribution in [0.2, 0.25) is 0 Å². The van der Waals surface area contributed by atoms with E-state index in [4.69, 9.17) is 0 Å². The highest BCUT2D eigenvalue weighted by Crippen LogP contribution is 2.56. The maximum atomic E-state index is 13.1. The third kappa shape index (κ3) is 3.78. The van der Waals surface area contributed by atoms with E-state index in [-0.39, 0.29) is 29.0 Å². The molecule has 0 spiro atoms. The van der Waals surface area contributed by atoms with Gasteiger partial charge in [0.25, 0.3) is 0 Å². The molecule has 3 nitrogen and oxygen atoms in total. The molecule has 3 aliphatic rings. The lowest BCUT2D eigenvalue weighted by Crippen LogP contribution is -2.41. The van der Waals surface area contributed by atoms with Crippen LogP contribution in [0.1, 0.15) is 80.1 Å². The largest absolute Gasteiger partial charge is 0.299 e. The first-order valence-corrected chi connectivity index (χ1v) is 11.3. The second-order valence-electron chi connectivity index (χ2n) is 10.7. The highest BCUT2D eigenvalue weighted by Gasteiger charge is 2.56. The Hall–Kier alpha value is -1.25. The van der Waals surface area contributed by atoms with Crippen molar-refractivity contribution in [2.24, 2.45) is 46.8 Å². The van der Waals surface area contributed by atoms with E-state index >= 15 is 0 Å². The molecule has 0 heterocycles. The number of fused-ring (bicyclic) bond motifs is 1. The number of hydrogen-bond acceptors (Lipinski definition) is 3. The lowest BCUT2D eigenvalue weighted by atomic mass is 9.60. The standard InChI is InChI=1S/C25H38O3/c1-14(2)24-21-11-22(27)20(12-25(21,6)13-23(24)28)16(4)7-9-18-15(3)8-10-19(18)17(5)26/h10,14-16,18,20-21,24H,7-9,11-13H2,1-6H3/t15-,16-,18-,20-,21+,24-,25+/m1/s1. The number of allylic oxidation sites excluding steroid dienone is 2. The van der Waals surface area contributed by atoms with Crippen molar-refractivity contribution in [3.8, 4) is 0 Å². The van der Waals surface area contributed by atoms with Crippen LogP contribution in [0.4, 0.5) is 0 Å². The molecule has 0 amide bonds. The van der Waals surface area contributed by atoms with Crippen LogP contribution in [0.15, 0.2) is 11.6 Å². The summed E-state index contributed by atoms with van der Waals surface area (Å²) < 4.78 is 0. The zero-order chi connectivity index (χ0) is 20.8. The predicted molar refractivity (Wildman–Crippen MR) is 112 cm³/mol. The summed E-state index contributed by atoms with van der Waals surface area (Å²) in [5.74, 6) is 2.83. The van der Waals surface area contributed by atoms with Crippen molar-refractivity contribution < 1.29 is 14.4 Å². The third-order valence-corrected chi connectivity index (χ3v) is 8.34. The molecule has 0 aromatic rings. The number of carbonyl (C=O) groups excluding carboxylic acids is 3. The first kappa shape index (κ1) is 21.5. The fourth-order valence-electron chi connectivity index (χ4n) is 6.66. The van der Waals surface area contributed by atoms with Crippen molar-refractivity contribution in [1.82, 2.24) is 0 Å². The topological polar surface area (TPSA) is 51.2 Å². The molecule has 0 aliphatic heterocycles. The second-order valence-corrected chi connectivity index (χ2v) is 10.7. The van der Waals surface area contributed by atoms with Gasteiger partial charge in [-0.3, -0.25) is 14.4 Å². The molecule has 3 heteroatoms. The minimum Gasteiger partial charge on any atom is -0.299 e. The average Bonchev–Trinajstić information content (AvgIpc) is 3.08. The van der Waals surface area contributed by atoms with E-state index < -0.39 is 0 Å². The van der Waals surface area contributed by atoms with Crippen molar-refractivity contribution in [3.63, 3.8) is 0 Å². The fraction of sp³-hybridized carbons (Fsp3) is 0.800. The summed E-state index contributed by atoms with van der Waals surface area (Å²) in [6.45, 7) is 12.6. The maximum absolute atomic E-state index is 13.1. The van der Waals surface area contributed by atoms with Crippen LogP contribution in [0.3, 0.4) is 0 Å². The number of carbonyl (C=O) groups is 3. The van der Waals surface area contributed by atoms with Crippen molar-refractivity contribution >= 4 is 17.3 Å². The van der Waals surface area contributed by atoms with Crippen LogP contribution in [0.5, 0.6) is 0 Å². The van der Waals surface area contributed by atoms with Gasteiger partial charge in [-0.25, -0.2) is 0 Å². The summed E-state index contributed by atoms with van der Waals surface area (Å²) in [5, 5.41) is 0. The molecular weight excluding hydrogens is 348 g/mol. The molecule has 7 atom stereocenters. The van der Waals surface area contributed by atoms with Gasteiger partial charge in [-0.2, -0.15) is 0 Å². The Bertz CT molecular complexity index is 688. The predicted octanol–water partition coefficient (Wildman–Crippen LogP) is 5.42. The second kappa shape index (κ2) is 7.88. The molecular formula is C25H38O3. The first-order valence-electron chi connectivity index (χ1n) is 11.3. The maximum Gasteiger partial charge on any atom is 0.155 e. The van der Waals surface area contributed by atoms with Gasteiger partial charge in [0, 0.05) is 24.7 Å². The van der Waals surface area contributed by atoms with Gasteiger partial charge in [-0.05, 0) is 73.2 Å². The molecule has 0 radical (unpaired) electrons. The van der Waals surface area contributed by atoms with Crippen LogP contribution in [0, 0.1) is 46.8 Å². The molecule has 0 saturated heterocycles. The van der Waals surface area contributed by atoms with Gasteiger partial charge >= 0.3 is 0 Å². The van der Waals surface area contributed by atoms with Crippen LogP contribution in [-0.2, 0) is 14.4 Å². The van der Waals surface area contributed by atoms with E-state index in [0.29, 0.717) is 48.1 Å². The Balaban J connectivity index is 1.66. The summed E-state index contributed by atoms with van der Waals surface area (Å²) >= 11 is 0. The minimum atomic E-state index is -0.00997. The van der Waals surface area contributed by atoms with Gasteiger partial charge < -0.3 is 0 Å². The summed E-state index contributed by atoms with van der Waals surface area (Å²) in [6, 6.07) is 0. The summed E-state index contributed by atoms with van der Waals surface area (Å²) in [7, 11) is 0. The van der Waals surface area contributed by atoms with Crippen molar-refractivity contribution in [3.05, 3.63) is 11.6 Å². The van der Waals surface area contributed by atoms with Gasteiger partial charge in [0.1, 0.15) is 11.6 Å². The Morgan fingerprint density at radius 1 is 1.21 bits per heavy atom. The molecule has 156 valence electrons. The Morgan fingerprint density at radius 2 is 1.89 bits per heavy atom. The van der Waals surface area contributed by atoms with E-state index in [1.54, 1.807) is 6.92 Å². The number of Topliss-reactive ketones (excluding diaryl/α,β-unsaturated/α-hetero) is 3. The summed E-state index contributed by atoms with van der Waals surface area (Å²) in [5.41, 5.74) is 0.993. The van der Waals surface area contributed by atoms with Crippen LogP contribution >= 0.6 is 0 Å². The van der Waals surface area contributed by atoms with Crippen LogP contribution < -0.4 is 0 Å². The normalized spacial score (nSPS) is 39.2. The van der Waals surface area contributed by atoms with Gasteiger partial charge in [0.15, 0.2) is 5.78 Å². The Morgan fingerprint density at radius 3 is 2.50 bits per heavy atom. The lowest BCUT2D eigenvalue weighted by molar-refractivity contribution is -0.133. The minimum absolute atomic E-state index is 0.00997. The Kier molecular flexibility index (Phi) is 6.04. The van der Waals surface area contributed by atoms with Crippen molar-refractivity contribution in [2.45, 2.75) is 80.1 Å². The summed E-state index contributed by atoms with van der Waals surface area (Å²) in [4.78, 5) is 37.6. The van der Waals surface area contributed by atoms with E-state index in [1.165, 1.54) is 0 Å². The first-order chi connectivity index (χ1) is 13.0. The SMILES string of the molecule is CC(=O)C1=CC[C@@H](C)[C@H]1CC[C@@H](C)[C@H]1C[C@@]2(C)CC(=O)[C@H](C(C)C)[C@@H]2CC1=O. The molecule has 0 aromatic carbocycles. The monoisotopic (exact) mass is 386 g/mol. The van der Waals surface area contributed by atoms with E-state index in [1.807, 2.05) is 0 Å². The highest BCUT2D eigenvalue weighted by molar-refractivity contribution is 5.94. The highest BCUT2D eigenvalue weighted by atomic mass is 16.1. The molecule has 28 heavy (non-hydrogen) atoms. The molecule has 3 aliphatic carbocycles. The molecule has 2 saturated carbocycles. The average molecular weight is 387 g/mol. The molecule has 3 rings (SSSR count). The molecule has 2 fully saturated rings. The van der Waals surface area contributed by atoms with E-state index in [0.717, 1.165) is 31.3 Å². The fourth-order valence-corrected chi connectivity index (χ4v) is 6.66. The molecule has 0 bridgehead atoms. The van der Waals surface area contributed by atoms with E-state index in [9.17, 15) is 14.4 Å². The zero-order valence-corrected chi connectivity index (χ0v) is 18.6.